The standard InChI is InChI=1S/C24H23ClN2O3/c25-21-6-2-19(3-7-21)20-4-9-23(10-5-20)30-17-22(27-15-16-29-24(27)28)8-1-18-11-13-26-14-12-18/h2-7,9-14,22H,1,8,15-17H2. The van der Waals surface area contributed by atoms with Crippen molar-refractivity contribution in [3.63, 3.8) is 0 Å². The van der Waals surface area contributed by atoms with Crippen LogP contribution in [0.3, 0.4) is 0 Å². The van der Waals surface area contributed by atoms with Gasteiger partial charge in [-0.2, -0.15) is 0 Å². The van der Waals surface area contributed by atoms with Gasteiger partial charge in [0.25, 0.3) is 0 Å². The van der Waals surface area contributed by atoms with Gasteiger partial charge in [-0.15, -0.1) is 0 Å². The Balaban J connectivity index is 1.40. The summed E-state index contributed by atoms with van der Waals surface area (Å²) >= 11 is 5.96. The highest BCUT2D eigenvalue weighted by atomic mass is 35.5. The quantitative estimate of drug-likeness (QED) is 0.498. The van der Waals surface area contributed by atoms with E-state index in [1.54, 1.807) is 17.3 Å². The second-order valence-electron chi connectivity index (χ2n) is 7.20. The summed E-state index contributed by atoms with van der Waals surface area (Å²) in [6.07, 6.45) is 4.94. The zero-order chi connectivity index (χ0) is 20.8. The maximum Gasteiger partial charge on any atom is 0.410 e. The Morgan fingerprint density at radius 3 is 2.30 bits per heavy atom. The molecule has 1 amide bonds. The van der Waals surface area contributed by atoms with Gasteiger partial charge in [-0.25, -0.2) is 4.79 Å². The summed E-state index contributed by atoms with van der Waals surface area (Å²) in [5.74, 6) is 0.772. The van der Waals surface area contributed by atoms with Crippen LogP contribution in [-0.4, -0.2) is 41.8 Å². The molecule has 0 radical (unpaired) electrons. The normalized spacial score (nSPS) is 14.4. The van der Waals surface area contributed by atoms with Gasteiger partial charge in [0.2, 0.25) is 0 Å². The molecule has 5 nitrogen and oxygen atoms in total. The van der Waals surface area contributed by atoms with Crippen molar-refractivity contribution in [2.45, 2.75) is 18.9 Å². The molecule has 1 atom stereocenters. The first-order valence-electron chi connectivity index (χ1n) is 10.00. The lowest BCUT2D eigenvalue weighted by Crippen LogP contribution is -2.40. The van der Waals surface area contributed by atoms with Crippen molar-refractivity contribution in [3.8, 4) is 16.9 Å². The number of carbonyl (C=O) groups is 1. The van der Waals surface area contributed by atoms with E-state index in [9.17, 15) is 4.79 Å². The van der Waals surface area contributed by atoms with Gasteiger partial charge in [-0.3, -0.25) is 9.88 Å². The number of aromatic nitrogens is 1. The maximum atomic E-state index is 12.1. The van der Waals surface area contributed by atoms with E-state index in [1.165, 1.54) is 5.56 Å². The third-order valence-corrected chi connectivity index (χ3v) is 5.47. The van der Waals surface area contributed by atoms with Crippen molar-refractivity contribution in [3.05, 3.63) is 83.6 Å². The fraction of sp³-hybridized carbons (Fsp3) is 0.250. The molecule has 1 saturated heterocycles. The Morgan fingerprint density at radius 2 is 1.67 bits per heavy atom. The third kappa shape index (κ3) is 5.10. The van der Waals surface area contributed by atoms with Crippen LogP contribution in [0, 0.1) is 0 Å². The molecule has 4 rings (SSSR count). The highest BCUT2D eigenvalue weighted by Gasteiger charge is 2.30. The smallest absolute Gasteiger partial charge is 0.410 e. The zero-order valence-electron chi connectivity index (χ0n) is 16.5. The highest BCUT2D eigenvalue weighted by molar-refractivity contribution is 6.30. The number of nitrogens with zero attached hydrogens (tertiary/aromatic N) is 2. The first kappa shape index (κ1) is 20.2. The molecule has 0 saturated carbocycles. The minimum atomic E-state index is -0.267. The molecule has 0 N–H and O–H groups in total. The van der Waals surface area contributed by atoms with Crippen LogP contribution in [0.15, 0.2) is 73.1 Å². The van der Waals surface area contributed by atoms with Gasteiger partial charge in [-0.05, 0) is 65.9 Å². The van der Waals surface area contributed by atoms with Crippen LogP contribution in [-0.2, 0) is 11.2 Å². The third-order valence-electron chi connectivity index (χ3n) is 5.22. The van der Waals surface area contributed by atoms with E-state index in [-0.39, 0.29) is 12.1 Å². The molecule has 0 aliphatic carbocycles. The fourth-order valence-electron chi connectivity index (χ4n) is 3.53. The van der Waals surface area contributed by atoms with Crippen LogP contribution in [0.5, 0.6) is 5.75 Å². The molecule has 1 unspecified atom stereocenters. The van der Waals surface area contributed by atoms with E-state index >= 15 is 0 Å². The van der Waals surface area contributed by atoms with E-state index in [1.807, 2.05) is 60.7 Å². The first-order valence-corrected chi connectivity index (χ1v) is 10.4. The van der Waals surface area contributed by atoms with Gasteiger partial charge in [0, 0.05) is 17.4 Å². The highest BCUT2D eigenvalue weighted by Crippen LogP contribution is 2.24. The van der Waals surface area contributed by atoms with Crippen molar-refractivity contribution in [2.24, 2.45) is 0 Å². The topological polar surface area (TPSA) is 51.7 Å². The molecule has 1 aliphatic rings. The van der Waals surface area contributed by atoms with Crippen molar-refractivity contribution in [1.29, 1.82) is 0 Å². The van der Waals surface area contributed by atoms with Crippen LogP contribution >= 0.6 is 11.6 Å². The molecule has 2 heterocycles. The molecular weight excluding hydrogens is 400 g/mol. The van der Waals surface area contributed by atoms with Gasteiger partial charge >= 0.3 is 6.09 Å². The van der Waals surface area contributed by atoms with Gasteiger partial charge in [0.05, 0.1) is 12.6 Å². The number of rotatable bonds is 8. The number of carbonyl (C=O) groups excluding carboxylic acids is 1. The Hall–Kier alpha value is -3.05. The van der Waals surface area contributed by atoms with E-state index in [0.29, 0.717) is 19.8 Å². The minimum absolute atomic E-state index is 0.0518. The summed E-state index contributed by atoms with van der Waals surface area (Å²) in [6, 6.07) is 19.6. The average Bonchev–Trinajstić information content (AvgIpc) is 3.21. The van der Waals surface area contributed by atoms with Crippen molar-refractivity contribution in [2.75, 3.05) is 19.8 Å². The summed E-state index contributed by atoms with van der Waals surface area (Å²) < 4.78 is 11.2. The minimum Gasteiger partial charge on any atom is -0.491 e. The van der Waals surface area contributed by atoms with Crippen molar-refractivity contribution >= 4 is 17.7 Å². The number of aryl methyl sites for hydroxylation is 1. The predicted molar refractivity (Wildman–Crippen MR) is 117 cm³/mol. The number of cyclic esters (lactones) is 1. The Kier molecular flexibility index (Phi) is 6.50. The monoisotopic (exact) mass is 422 g/mol. The van der Waals surface area contributed by atoms with E-state index in [4.69, 9.17) is 21.1 Å². The van der Waals surface area contributed by atoms with Crippen LogP contribution in [0.1, 0.15) is 12.0 Å². The maximum absolute atomic E-state index is 12.1. The molecule has 30 heavy (non-hydrogen) atoms. The van der Waals surface area contributed by atoms with Crippen LogP contribution < -0.4 is 4.74 Å². The van der Waals surface area contributed by atoms with Gasteiger partial charge in [-0.1, -0.05) is 35.9 Å². The molecule has 6 heteroatoms. The second kappa shape index (κ2) is 9.63. The van der Waals surface area contributed by atoms with Gasteiger partial charge in [0.15, 0.2) is 0 Å². The molecule has 154 valence electrons. The van der Waals surface area contributed by atoms with E-state index in [0.717, 1.165) is 34.7 Å². The summed E-state index contributed by atoms with van der Waals surface area (Å²) in [4.78, 5) is 17.9. The van der Waals surface area contributed by atoms with E-state index < -0.39 is 0 Å². The molecule has 1 fully saturated rings. The number of benzene rings is 2. The summed E-state index contributed by atoms with van der Waals surface area (Å²) in [7, 11) is 0. The Bertz CT molecular complexity index is 962. The van der Waals surface area contributed by atoms with Gasteiger partial charge in [0.1, 0.15) is 19.0 Å². The number of halogens is 1. The molecule has 3 aromatic rings. The lowest BCUT2D eigenvalue weighted by Gasteiger charge is -2.26. The van der Waals surface area contributed by atoms with Crippen molar-refractivity contribution in [1.82, 2.24) is 9.88 Å². The number of hydrogen-bond acceptors (Lipinski definition) is 4. The number of amides is 1. The predicted octanol–water partition coefficient (Wildman–Crippen LogP) is 5.23. The fourth-order valence-corrected chi connectivity index (χ4v) is 3.65. The van der Waals surface area contributed by atoms with Crippen molar-refractivity contribution < 1.29 is 14.3 Å². The SMILES string of the molecule is O=C1OCCN1C(CCc1ccncc1)COc1ccc(-c2ccc(Cl)cc2)cc1. The Morgan fingerprint density at radius 1 is 1.00 bits per heavy atom. The summed E-state index contributed by atoms with van der Waals surface area (Å²) in [5.41, 5.74) is 3.38. The number of pyridine rings is 1. The van der Waals surface area contributed by atoms with Crippen LogP contribution in [0.25, 0.3) is 11.1 Å². The molecule has 1 aliphatic heterocycles. The number of hydrogen-bond donors (Lipinski definition) is 0. The lowest BCUT2D eigenvalue weighted by atomic mass is 10.1. The first-order chi connectivity index (χ1) is 14.7. The number of ether oxygens (including phenoxy) is 2. The lowest BCUT2D eigenvalue weighted by molar-refractivity contribution is 0.128. The largest absolute Gasteiger partial charge is 0.491 e. The second-order valence-corrected chi connectivity index (χ2v) is 7.63. The molecule has 2 aromatic carbocycles. The van der Waals surface area contributed by atoms with Crippen LogP contribution in [0.2, 0.25) is 5.02 Å². The molecule has 1 aromatic heterocycles. The molecule has 0 spiro atoms. The molecule has 0 bridgehead atoms. The average molecular weight is 423 g/mol. The summed E-state index contributed by atoms with van der Waals surface area (Å²) in [6.45, 7) is 1.44. The van der Waals surface area contributed by atoms with Crippen LogP contribution in [0.4, 0.5) is 4.79 Å². The molecular formula is C24H23ClN2O3. The van der Waals surface area contributed by atoms with Gasteiger partial charge < -0.3 is 9.47 Å². The van der Waals surface area contributed by atoms with E-state index in [2.05, 4.69) is 4.98 Å². The summed E-state index contributed by atoms with van der Waals surface area (Å²) in [5, 5.41) is 0.719. The Labute approximate surface area is 181 Å². The zero-order valence-corrected chi connectivity index (χ0v) is 17.3.